The first-order chi connectivity index (χ1) is 10.0. The van der Waals surface area contributed by atoms with Crippen LogP contribution in [0.3, 0.4) is 0 Å². The number of aliphatic hydroxyl groups excluding tert-OH is 1. The fourth-order valence-electron chi connectivity index (χ4n) is 2.91. The van der Waals surface area contributed by atoms with E-state index in [1.807, 2.05) is 32.0 Å². The van der Waals surface area contributed by atoms with E-state index >= 15 is 0 Å². The molecule has 2 heteroatoms. The van der Waals surface area contributed by atoms with Gasteiger partial charge in [0.2, 0.25) is 0 Å². The first-order valence-electron chi connectivity index (χ1n) is 7.49. The van der Waals surface area contributed by atoms with Gasteiger partial charge in [-0.1, -0.05) is 42.8 Å². The number of hydrogen-bond donors (Lipinski definition) is 1. The van der Waals surface area contributed by atoms with Gasteiger partial charge in [-0.15, -0.1) is 0 Å². The standard InChI is InChI=1S/C19H24O2/c1-5-16-8-6-7-9-18(16)21-12-17(20)19-14(3)10-13(2)11-15(19)4/h6-11,17,20H,5,12H2,1-4H3. The lowest BCUT2D eigenvalue weighted by Gasteiger charge is -2.19. The maximum atomic E-state index is 10.5. The molecule has 1 N–H and O–H groups in total. The molecular weight excluding hydrogens is 260 g/mol. The summed E-state index contributed by atoms with van der Waals surface area (Å²) in [6.07, 6.45) is 0.324. The molecule has 21 heavy (non-hydrogen) atoms. The van der Waals surface area contributed by atoms with Crippen LogP contribution in [-0.4, -0.2) is 11.7 Å². The summed E-state index contributed by atoms with van der Waals surface area (Å²) in [5.41, 5.74) is 5.61. The highest BCUT2D eigenvalue weighted by Gasteiger charge is 2.15. The van der Waals surface area contributed by atoms with Gasteiger partial charge in [0.25, 0.3) is 0 Å². The van der Waals surface area contributed by atoms with Gasteiger partial charge in [0.15, 0.2) is 0 Å². The van der Waals surface area contributed by atoms with E-state index in [1.165, 1.54) is 11.1 Å². The number of hydrogen-bond acceptors (Lipinski definition) is 2. The number of ether oxygens (including phenoxy) is 1. The minimum Gasteiger partial charge on any atom is -0.490 e. The van der Waals surface area contributed by atoms with Gasteiger partial charge in [-0.3, -0.25) is 0 Å². The van der Waals surface area contributed by atoms with Crippen molar-refractivity contribution in [2.24, 2.45) is 0 Å². The average Bonchev–Trinajstić information content (AvgIpc) is 2.44. The zero-order chi connectivity index (χ0) is 15.4. The minimum absolute atomic E-state index is 0.280. The Morgan fingerprint density at radius 3 is 2.29 bits per heavy atom. The molecule has 0 aromatic heterocycles. The van der Waals surface area contributed by atoms with Crippen LogP contribution >= 0.6 is 0 Å². The first-order valence-corrected chi connectivity index (χ1v) is 7.49. The zero-order valence-corrected chi connectivity index (χ0v) is 13.3. The fourth-order valence-corrected chi connectivity index (χ4v) is 2.91. The van der Waals surface area contributed by atoms with Crippen molar-refractivity contribution in [3.05, 3.63) is 64.2 Å². The molecule has 0 fully saturated rings. The molecular formula is C19H24O2. The van der Waals surface area contributed by atoms with E-state index in [4.69, 9.17) is 4.74 Å². The topological polar surface area (TPSA) is 29.5 Å². The molecule has 0 bridgehead atoms. The first kappa shape index (κ1) is 15.6. The van der Waals surface area contributed by atoms with Gasteiger partial charge in [-0.25, -0.2) is 0 Å². The van der Waals surface area contributed by atoms with Crippen LogP contribution < -0.4 is 4.74 Å². The van der Waals surface area contributed by atoms with Crippen LogP contribution in [0.15, 0.2) is 36.4 Å². The van der Waals surface area contributed by atoms with Crippen LogP contribution in [0.2, 0.25) is 0 Å². The SMILES string of the molecule is CCc1ccccc1OCC(O)c1c(C)cc(C)cc1C. The van der Waals surface area contributed by atoms with E-state index in [2.05, 4.69) is 32.0 Å². The lowest BCUT2D eigenvalue weighted by molar-refractivity contribution is 0.106. The second-order valence-corrected chi connectivity index (χ2v) is 5.60. The molecule has 2 rings (SSSR count). The molecule has 0 radical (unpaired) electrons. The lowest BCUT2D eigenvalue weighted by atomic mass is 9.96. The van der Waals surface area contributed by atoms with Crippen molar-refractivity contribution in [3.63, 3.8) is 0 Å². The highest BCUT2D eigenvalue weighted by atomic mass is 16.5. The molecule has 0 amide bonds. The molecule has 2 nitrogen and oxygen atoms in total. The van der Waals surface area contributed by atoms with Crippen molar-refractivity contribution in [2.45, 2.75) is 40.2 Å². The average molecular weight is 284 g/mol. The predicted octanol–water partition coefficient (Wildman–Crippen LogP) is 4.29. The van der Waals surface area contributed by atoms with Gasteiger partial charge >= 0.3 is 0 Å². The smallest absolute Gasteiger partial charge is 0.122 e. The monoisotopic (exact) mass is 284 g/mol. The van der Waals surface area contributed by atoms with Gasteiger partial charge in [-0.05, 0) is 55.5 Å². The predicted molar refractivity (Wildman–Crippen MR) is 86.9 cm³/mol. The number of aliphatic hydroxyl groups is 1. The molecule has 112 valence electrons. The summed E-state index contributed by atoms with van der Waals surface area (Å²) in [5.74, 6) is 0.862. The van der Waals surface area contributed by atoms with Crippen molar-refractivity contribution >= 4 is 0 Å². The van der Waals surface area contributed by atoms with Gasteiger partial charge in [-0.2, -0.15) is 0 Å². The quantitative estimate of drug-likeness (QED) is 0.887. The second-order valence-electron chi connectivity index (χ2n) is 5.60. The van der Waals surface area contributed by atoms with Gasteiger partial charge in [0.05, 0.1) is 0 Å². The second kappa shape index (κ2) is 6.77. The van der Waals surface area contributed by atoms with Crippen LogP contribution in [0.5, 0.6) is 5.75 Å². The molecule has 0 saturated carbocycles. The summed E-state index contributed by atoms with van der Waals surface area (Å²) in [7, 11) is 0. The number of aryl methyl sites for hydroxylation is 4. The maximum Gasteiger partial charge on any atom is 0.122 e. The maximum absolute atomic E-state index is 10.5. The summed E-state index contributed by atoms with van der Waals surface area (Å²) in [4.78, 5) is 0. The van der Waals surface area contributed by atoms with Crippen LogP contribution in [0.25, 0.3) is 0 Å². The molecule has 0 aliphatic carbocycles. The summed E-state index contributed by atoms with van der Waals surface area (Å²) < 4.78 is 5.83. The van der Waals surface area contributed by atoms with Crippen molar-refractivity contribution in [1.29, 1.82) is 0 Å². The fraction of sp³-hybridized carbons (Fsp3) is 0.368. The Labute approximate surface area is 127 Å². The van der Waals surface area contributed by atoms with Gasteiger partial charge < -0.3 is 9.84 Å². The van der Waals surface area contributed by atoms with Crippen molar-refractivity contribution in [1.82, 2.24) is 0 Å². The molecule has 2 aromatic carbocycles. The van der Waals surface area contributed by atoms with E-state index in [1.54, 1.807) is 0 Å². The number of rotatable bonds is 5. The Kier molecular flexibility index (Phi) is 5.03. The Morgan fingerprint density at radius 2 is 1.67 bits per heavy atom. The number of para-hydroxylation sites is 1. The zero-order valence-electron chi connectivity index (χ0n) is 13.3. The highest BCUT2D eigenvalue weighted by Crippen LogP contribution is 2.25. The Balaban J connectivity index is 2.14. The Hall–Kier alpha value is -1.80. The molecule has 0 heterocycles. The minimum atomic E-state index is -0.601. The van der Waals surface area contributed by atoms with E-state index < -0.39 is 6.10 Å². The highest BCUT2D eigenvalue weighted by molar-refractivity contribution is 5.39. The molecule has 0 aliphatic rings. The van der Waals surface area contributed by atoms with Crippen LogP contribution in [0.1, 0.15) is 40.8 Å². The Morgan fingerprint density at radius 1 is 1.05 bits per heavy atom. The van der Waals surface area contributed by atoms with Crippen LogP contribution in [-0.2, 0) is 6.42 Å². The third-order valence-corrected chi connectivity index (χ3v) is 3.82. The third kappa shape index (κ3) is 3.64. The lowest BCUT2D eigenvalue weighted by Crippen LogP contribution is -2.13. The molecule has 0 spiro atoms. The van der Waals surface area contributed by atoms with Gasteiger partial charge in [0, 0.05) is 0 Å². The van der Waals surface area contributed by atoms with Crippen LogP contribution in [0.4, 0.5) is 0 Å². The molecule has 0 saturated heterocycles. The van der Waals surface area contributed by atoms with Crippen LogP contribution in [0, 0.1) is 20.8 Å². The van der Waals surface area contributed by atoms with E-state index in [0.29, 0.717) is 0 Å². The normalized spacial score (nSPS) is 12.2. The van der Waals surface area contributed by atoms with Crippen molar-refractivity contribution < 1.29 is 9.84 Å². The summed E-state index contributed by atoms with van der Waals surface area (Å²) in [6, 6.07) is 12.2. The summed E-state index contributed by atoms with van der Waals surface area (Å²) in [5, 5.41) is 10.5. The number of benzene rings is 2. The van der Waals surface area contributed by atoms with E-state index in [9.17, 15) is 5.11 Å². The largest absolute Gasteiger partial charge is 0.490 e. The molecule has 0 aliphatic heterocycles. The summed E-state index contributed by atoms with van der Waals surface area (Å²) >= 11 is 0. The van der Waals surface area contributed by atoms with Crippen molar-refractivity contribution in [2.75, 3.05) is 6.61 Å². The third-order valence-electron chi connectivity index (χ3n) is 3.82. The molecule has 1 unspecified atom stereocenters. The van der Waals surface area contributed by atoms with Crippen molar-refractivity contribution in [3.8, 4) is 5.75 Å². The molecule has 2 aromatic rings. The molecule has 1 atom stereocenters. The Bertz CT molecular complexity index is 594. The van der Waals surface area contributed by atoms with E-state index in [0.717, 1.165) is 28.9 Å². The summed E-state index contributed by atoms with van der Waals surface area (Å²) in [6.45, 7) is 8.54. The van der Waals surface area contributed by atoms with Gasteiger partial charge in [0.1, 0.15) is 18.5 Å². The van der Waals surface area contributed by atoms with E-state index in [-0.39, 0.29) is 6.61 Å².